The number of carbonyl (C=O) groups is 1. The Kier molecular flexibility index (Phi) is 5.38. The maximum absolute atomic E-state index is 11.2. The molecule has 1 aromatic heterocycles. The fourth-order valence-electron chi connectivity index (χ4n) is 1.45. The monoisotopic (exact) mass is 255 g/mol. The van der Waals surface area contributed by atoms with Crippen LogP contribution in [0, 0.1) is 0 Å². The van der Waals surface area contributed by atoms with Gasteiger partial charge in [-0.1, -0.05) is 6.92 Å². The lowest BCUT2D eigenvalue weighted by molar-refractivity contribution is -0.141. The molecule has 0 aliphatic rings. The topological polar surface area (TPSA) is 80.0 Å². The Morgan fingerprint density at radius 3 is 2.83 bits per heavy atom. The molecule has 0 saturated carbocycles. The Morgan fingerprint density at radius 2 is 2.28 bits per heavy atom. The van der Waals surface area contributed by atoms with Crippen molar-refractivity contribution in [1.29, 1.82) is 0 Å². The van der Waals surface area contributed by atoms with Crippen molar-refractivity contribution in [1.82, 2.24) is 4.90 Å². The highest BCUT2D eigenvalue weighted by Gasteiger charge is 2.10. The molecule has 0 radical (unpaired) electrons. The summed E-state index contributed by atoms with van der Waals surface area (Å²) in [6.45, 7) is 3.58. The van der Waals surface area contributed by atoms with Crippen molar-refractivity contribution in [2.24, 2.45) is 0 Å². The van der Waals surface area contributed by atoms with Crippen LogP contribution in [0.4, 0.5) is 0 Å². The number of hydrogen-bond acceptors (Lipinski definition) is 6. The molecule has 0 saturated heterocycles. The van der Waals surface area contributed by atoms with Crippen LogP contribution in [0.15, 0.2) is 21.5 Å². The lowest BCUT2D eigenvalue weighted by Crippen LogP contribution is -2.26. The summed E-state index contributed by atoms with van der Waals surface area (Å²) in [5, 5.41) is 9.06. The number of methoxy groups -OCH3 is 1. The first kappa shape index (κ1) is 14.2. The number of aromatic hydroxyl groups is 1. The van der Waals surface area contributed by atoms with Crippen LogP contribution in [0.25, 0.3) is 0 Å². The van der Waals surface area contributed by atoms with E-state index in [1.165, 1.54) is 13.2 Å². The highest BCUT2D eigenvalue weighted by atomic mass is 16.5. The number of carbonyl (C=O) groups excluding carboxylic acids is 1. The quantitative estimate of drug-likeness (QED) is 0.755. The number of nitrogens with zero attached hydrogens (tertiary/aromatic N) is 1. The van der Waals surface area contributed by atoms with E-state index in [9.17, 15) is 9.59 Å². The minimum Gasteiger partial charge on any atom is -0.502 e. The Bertz CT molecular complexity index is 454. The van der Waals surface area contributed by atoms with Gasteiger partial charge in [-0.3, -0.25) is 14.5 Å². The smallest absolute Gasteiger partial charge is 0.306 e. The predicted molar refractivity (Wildman–Crippen MR) is 64.2 cm³/mol. The molecule has 0 aliphatic carbocycles. The van der Waals surface area contributed by atoms with E-state index in [0.29, 0.717) is 25.4 Å². The Morgan fingerprint density at radius 1 is 1.56 bits per heavy atom. The van der Waals surface area contributed by atoms with E-state index in [0.717, 1.165) is 6.26 Å². The van der Waals surface area contributed by atoms with Crippen LogP contribution < -0.4 is 5.43 Å². The summed E-state index contributed by atoms with van der Waals surface area (Å²) >= 11 is 0. The molecule has 0 amide bonds. The number of ether oxygens (including phenoxy) is 1. The molecule has 6 nitrogen and oxygen atoms in total. The van der Waals surface area contributed by atoms with Crippen molar-refractivity contribution < 1.29 is 19.1 Å². The lowest BCUT2D eigenvalue weighted by atomic mass is 10.3. The van der Waals surface area contributed by atoms with Gasteiger partial charge in [0.25, 0.3) is 0 Å². The molecular weight excluding hydrogens is 238 g/mol. The van der Waals surface area contributed by atoms with Gasteiger partial charge in [-0.15, -0.1) is 0 Å². The second-order valence-corrected chi connectivity index (χ2v) is 3.79. The first-order valence-electron chi connectivity index (χ1n) is 5.66. The third-order valence-electron chi connectivity index (χ3n) is 2.55. The van der Waals surface area contributed by atoms with Crippen molar-refractivity contribution in [2.45, 2.75) is 19.9 Å². The van der Waals surface area contributed by atoms with Crippen molar-refractivity contribution >= 4 is 5.97 Å². The fourth-order valence-corrected chi connectivity index (χ4v) is 1.45. The molecule has 1 heterocycles. The van der Waals surface area contributed by atoms with Crippen molar-refractivity contribution in [3.63, 3.8) is 0 Å². The lowest BCUT2D eigenvalue weighted by Gasteiger charge is -2.18. The Hall–Kier alpha value is -1.82. The second-order valence-electron chi connectivity index (χ2n) is 3.79. The largest absolute Gasteiger partial charge is 0.502 e. The van der Waals surface area contributed by atoms with Gasteiger partial charge < -0.3 is 14.3 Å². The second kappa shape index (κ2) is 6.80. The van der Waals surface area contributed by atoms with Gasteiger partial charge >= 0.3 is 5.97 Å². The average molecular weight is 255 g/mol. The van der Waals surface area contributed by atoms with E-state index in [1.54, 1.807) is 0 Å². The van der Waals surface area contributed by atoms with Gasteiger partial charge in [0.2, 0.25) is 5.43 Å². The third-order valence-corrected chi connectivity index (χ3v) is 2.55. The van der Waals surface area contributed by atoms with Crippen LogP contribution in [-0.4, -0.2) is 36.2 Å². The van der Waals surface area contributed by atoms with Crippen molar-refractivity contribution in [3.05, 3.63) is 28.3 Å². The van der Waals surface area contributed by atoms with Gasteiger partial charge in [0.15, 0.2) is 5.75 Å². The summed E-state index contributed by atoms with van der Waals surface area (Å²) in [4.78, 5) is 24.2. The molecule has 1 N–H and O–H groups in total. The van der Waals surface area contributed by atoms with Crippen molar-refractivity contribution in [2.75, 3.05) is 20.2 Å². The third kappa shape index (κ3) is 4.21. The van der Waals surface area contributed by atoms with Gasteiger partial charge in [0, 0.05) is 12.6 Å². The maximum Gasteiger partial charge on any atom is 0.306 e. The van der Waals surface area contributed by atoms with Crippen LogP contribution in [0.5, 0.6) is 5.75 Å². The van der Waals surface area contributed by atoms with Crippen LogP contribution >= 0.6 is 0 Å². The molecule has 0 spiro atoms. The summed E-state index contributed by atoms with van der Waals surface area (Å²) in [5.74, 6) is -0.235. The molecule has 1 rings (SSSR count). The van der Waals surface area contributed by atoms with E-state index in [2.05, 4.69) is 4.74 Å². The molecular formula is C12H17NO5. The van der Waals surface area contributed by atoms with E-state index in [-0.39, 0.29) is 12.4 Å². The van der Waals surface area contributed by atoms with Crippen molar-refractivity contribution in [3.8, 4) is 5.75 Å². The Balaban J connectivity index is 2.59. The number of hydrogen-bond donors (Lipinski definition) is 1. The summed E-state index contributed by atoms with van der Waals surface area (Å²) < 4.78 is 9.65. The zero-order chi connectivity index (χ0) is 13.5. The number of esters is 1. The predicted octanol–water partition coefficient (Wildman–Crippen LogP) is 0.730. The summed E-state index contributed by atoms with van der Waals surface area (Å²) in [5.41, 5.74) is -0.472. The van der Waals surface area contributed by atoms with Gasteiger partial charge in [-0.2, -0.15) is 0 Å². The van der Waals surface area contributed by atoms with Crippen LogP contribution in [0.2, 0.25) is 0 Å². The van der Waals surface area contributed by atoms with Gasteiger partial charge in [-0.25, -0.2) is 0 Å². The van der Waals surface area contributed by atoms with E-state index in [1.807, 2.05) is 11.8 Å². The minimum absolute atomic E-state index is 0.277. The highest BCUT2D eigenvalue weighted by Crippen LogP contribution is 2.07. The van der Waals surface area contributed by atoms with Gasteiger partial charge in [0.05, 0.1) is 20.1 Å². The SMILES string of the molecule is CCN(CCC(=O)OC)Cc1cc(=O)c(O)co1. The zero-order valence-electron chi connectivity index (χ0n) is 10.5. The molecule has 1 aromatic rings. The van der Waals surface area contributed by atoms with Crippen LogP contribution in [-0.2, 0) is 16.1 Å². The van der Waals surface area contributed by atoms with Gasteiger partial charge in [-0.05, 0) is 6.54 Å². The Labute approximate surface area is 105 Å². The van der Waals surface area contributed by atoms with E-state index in [4.69, 9.17) is 9.52 Å². The maximum atomic E-state index is 11.2. The molecule has 18 heavy (non-hydrogen) atoms. The van der Waals surface area contributed by atoms with E-state index >= 15 is 0 Å². The first-order valence-corrected chi connectivity index (χ1v) is 5.66. The average Bonchev–Trinajstić information content (AvgIpc) is 2.38. The normalized spacial score (nSPS) is 10.6. The van der Waals surface area contributed by atoms with Crippen LogP contribution in [0.1, 0.15) is 19.1 Å². The molecule has 0 aliphatic heterocycles. The zero-order valence-corrected chi connectivity index (χ0v) is 10.5. The summed E-state index contributed by atoms with van der Waals surface area (Å²) in [7, 11) is 1.34. The highest BCUT2D eigenvalue weighted by molar-refractivity contribution is 5.69. The molecule has 0 atom stereocenters. The molecule has 6 heteroatoms. The first-order chi connectivity index (χ1) is 8.56. The summed E-state index contributed by atoms with van der Waals surface area (Å²) in [6.07, 6.45) is 1.30. The summed E-state index contributed by atoms with van der Waals surface area (Å²) in [6, 6.07) is 1.25. The van der Waals surface area contributed by atoms with Crippen LogP contribution in [0.3, 0.4) is 0 Å². The molecule has 0 fully saturated rings. The standard InChI is InChI=1S/C12H17NO5/c1-3-13(5-4-12(16)17-2)7-9-6-10(14)11(15)8-18-9/h6,8,15H,3-5,7H2,1-2H3. The van der Waals surface area contributed by atoms with Gasteiger partial charge in [0.1, 0.15) is 12.0 Å². The molecule has 0 unspecified atom stereocenters. The molecule has 100 valence electrons. The number of rotatable bonds is 6. The fraction of sp³-hybridized carbons (Fsp3) is 0.500. The molecule has 0 aromatic carbocycles. The molecule has 0 bridgehead atoms. The minimum atomic E-state index is -0.472. The van der Waals surface area contributed by atoms with E-state index < -0.39 is 11.2 Å².